The fraction of sp³-hybridized carbons (Fsp3) is 0. The minimum atomic E-state index is 0.755. The van der Waals surface area contributed by atoms with Gasteiger partial charge in [0.15, 0.2) is 11.2 Å². The second kappa shape index (κ2) is 12.9. The molecule has 12 rings (SSSR count). The number of hydrogen-bond donors (Lipinski definition) is 0. The molecule has 4 nitrogen and oxygen atoms in total. The first-order chi connectivity index (χ1) is 28.7. The molecule has 0 radical (unpaired) electrons. The molecule has 0 aliphatic rings. The van der Waals surface area contributed by atoms with Crippen LogP contribution in [0.25, 0.3) is 76.2 Å². The first kappa shape index (κ1) is 32.4. The Hall–Kier alpha value is -7.82. The van der Waals surface area contributed by atoms with Crippen molar-refractivity contribution in [1.29, 1.82) is 0 Å². The first-order valence-corrected chi connectivity index (χ1v) is 19.7. The van der Waals surface area contributed by atoms with Crippen molar-refractivity contribution in [2.45, 2.75) is 0 Å². The van der Waals surface area contributed by atoms with Gasteiger partial charge in [0.1, 0.15) is 11.2 Å². The number of furan rings is 2. The zero-order chi connectivity index (χ0) is 38.2. The van der Waals surface area contributed by atoms with Gasteiger partial charge in [-0.2, -0.15) is 0 Å². The first-order valence-electron chi connectivity index (χ1n) is 19.7. The van der Waals surface area contributed by atoms with Gasteiger partial charge in [-0.25, -0.2) is 0 Å². The summed E-state index contributed by atoms with van der Waals surface area (Å²) in [5, 5.41) is 11.3. The normalized spacial score (nSPS) is 11.8. The Kier molecular flexibility index (Phi) is 7.20. The second-order valence-electron chi connectivity index (χ2n) is 14.9. The Labute approximate surface area is 334 Å². The Balaban J connectivity index is 1.06. The fourth-order valence-electron chi connectivity index (χ4n) is 8.90. The molecule has 0 saturated heterocycles. The van der Waals surface area contributed by atoms with Crippen molar-refractivity contribution in [2.24, 2.45) is 0 Å². The maximum Gasteiger partial charge on any atom is 0.179 e. The Morgan fingerprint density at radius 2 is 0.621 bits per heavy atom. The molecule has 0 bridgehead atoms. The largest absolute Gasteiger partial charge is 0.452 e. The lowest BCUT2D eigenvalue weighted by Gasteiger charge is -2.25. The van der Waals surface area contributed by atoms with Gasteiger partial charge in [0, 0.05) is 67.8 Å². The molecule has 272 valence electrons. The third-order valence-electron chi connectivity index (χ3n) is 11.5. The molecule has 0 atom stereocenters. The van der Waals surface area contributed by atoms with E-state index >= 15 is 0 Å². The SMILES string of the molecule is c1ccc(N(c2ccc3ccccc3c2)c2ccc3c(c2)oc2c4oc5cc(N(c6ccccc6)c6ccc7ccccc7c6)ccc5c4c4ccccc4c32)cc1. The number of benzene rings is 10. The highest BCUT2D eigenvalue weighted by atomic mass is 16.4. The van der Waals surface area contributed by atoms with Crippen LogP contribution in [0.1, 0.15) is 0 Å². The second-order valence-corrected chi connectivity index (χ2v) is 14.9. The van der Waals surface area contributed by atoms with Crippen LogP contribution in [0.4, 0.5) is 34.1 Å². The van der Waals surface area contributed by atoms with Gasteiger partial charge >= 0.3 is 0 Å². The van der Waals surface area contributed by atoms with Crippen molar-refractivity contribution in [3.05, 3.63) is 206 Å². The molecule has 2 aromatic heterocycles. The molecule has 0 N–H and O–H groups in total. The van der Waals surface area contributed by atoms with Gasteiger partial charge in [-0.05, 0) is 105 Å². The van der Waals surface area contributed by atoms with Gasteiger partial charge in [-0.1, -0.05) is 121 Å². The fourth-order valence-corrected chi connectivity index (χ4v) is 8.90. The molecule has 0 spiro atoms. The Morgan fingerprint density at radius 1 is 0.259 bits per heavy atom. The summed E-state index contributed by atoms with van der Waals surface area (Å²) in [4.78, 5) is 4.59. The van der Waals surface area contributed by atoms with Crippen molar-refractivity contribution in [2.75, 3.05) is 9.80 Å². The maximum absolute atomic E-state index is 6.96. The minimum Gasteiger partial charge on any atom is -0.452 e. The molecule has 4 heteroatoms. The van der Waals surface area contributed by atoms with Gasteiger partial charge in [-0.3, -0.25) is 0 Å². The third-order valence-corrected chi connectivity index (χ3v) is 11.5. The van der Waals surface area contributed by atoms with Gasteiger partial charge < -0.3 is 18.6 Å². The molecular weight excluding hydrogens is 709 g/mol. The van der Waals surface area contributed by atoms with Crippen molar-refractivity contribution in [3.8, 4) is 0 Å². The summed E-state index contributed by atoms with van der Waals surface area (Å²) < 4.78 is 13.9. The molecule has 0 aliphatic carbocycles. The lowest BCUT2D eigenvalue weighted by Crippen LogP contribution is -2.09. The number of hydrogen-bond acceptors (Lipinski definition) is 4. The minimum absolute atomic E-state index is 0.755. The lowest BCUT2D eigenvalue weighted by atomic mass is 9.98. The van der Waals surface area contributed by atoms with Crippen molar-refractivity contribution < 1.29 is 8.83 Å². The van der Waals surface area contributed by atoms with E-state index in [0.29, 0.717) is 0 Å². The third kappa shape index (κ3) is 5.09. The van der Waals surface area contributed by atoms with E-state index in [9.17, 15) is 0 Å². The van der Waals surface area contributed by atoms with E-state index < -0.39 is 0 Å². The van der Waals surface area contributed by atoms with Crippen molar-refractivity contribution >= 4 is 110 Å². The van der Waals surface area contributed by atoms with E-state index in [0.717, 1.165) is 88.8 Å². The summed E-state index contributed by atoms with van der Waals surface area (Å²) in [5.41, 5.74) is 9.44. The summed E-state index contributed by atoms with van der Waals surface area (Å²) in [6.07, 6.45) is 0. The highest BCUT2D eigenvalue weighted by Crippen LogP contribution is 2.47. The summed E-state index contributed by atoms with van der Waals surface area (Å²) in [5.74, 6) is 0. The predicted molar refractivity (Wildman–Crippen MR) is 243 cm³/mol. The molecule has 0 saturated carbocycles. The monoisotopic (exact) mass is 742 g/mol. The van der Waals surface area contributed by atoms with Crippen LogP contribution >= 0.6 is 0 Å². The molecule has 58 heavy (non-hydrogen) atoms. The summed E-state index contributed by atoms with van der Waals surface area (Å²) >= 11 is 0. The standard InChI is InChI=1S/C54H34N2O2/c1-3-17-39(18-4-1)55(41-25-23-35-13-7-9-15-37(35)31-41)43-27-29-47-49(33-43)57-53-51(47)45-21-11-12-22-46(45)52-48-30-28-44(34-50(48)58-54(52)53)56(40-19-5-2-6-20-40)42-26-24-36-14-8-10-16-38(36)32-42/h1-34H. The molecule has 2 heterocycles. The lowest BCUT2D eigenvalue weighted by molar-refractivity contribution is 0.633. The number of anilines is 6. The van der Waals surface area contributed by atoms with Crippen LogP contribution in [0.15, 0.2) is 215 Å². The van der Waals surface area contributed by atoms with Gasteiger partial charge in [0.2, 0.25) is 0 Å². The zero-order valence-corrected chi connectivity index (χ0v) is 31.3. The van der Waals surface area contributed by atoms with Gasteiger partial charge in [-0.15, -0.1) is 0 Å². The molecule has 0 aliphatic heterocycles. The van der Waals surface area contributed by atoms with E-state index in [1.807, 2.05) is 0 Å². The van der Waals surface area contributed by atoms with Crippen LogP contribution in [-0.4, -0.2) is 0 Å². The average molecular weight is 743 g/mol. The molecule has 0 amide bonds. The number of para-hydroxylation sites is 2. The number of rotatable bonds is 6. The molecule has 0 fully saturated rings. The molecule has 10 aromatic carbocycles. The molecular formula is C54H34N2O2. The topological polar surface area (TPSA) is 32.8 Å². The molecule has 0 unspecified atom stereocenters. The highest BCUT2D eigenvalue weighted by Gasteiger charge is 2.23. The Bertz CT molecular complexity index is 3300. The summed E-state index contributed by atoms with van der Waals surface area (Å²) in [7, 11) is 0. The average Bonchev–Trinajstić information content (AvgIpc) is 3.86. The van der Waals surface area contributed by atoms with Gasteiger partial charge in [0.25, 0.3) is 0 Å². The van der Waals surface area contributed by atoms with E-state index in [2.05, 4.69) is 216 Å². The highest BCUT2D eigenvalue weighted by molar-refractivity contribution is 6.33. The van der Waals surface area contributed by atoms with Crippen molar-refractivity contribution in [3.63, 3.8) is 0 Å². The van der Waals surface area contributed by atoms with Crippen molar-refractivity contribution in [1.82, 2.24) is 0 Å². The molecule has 12 aromatic rings. The van der Waals surface area contributed by atoms with Crippen LogP contribution in [-0.2, 0) is 0 Å². The van der Waals surface area contributed by atoms with Crippen LogP contribution in [0.5, 0.6) is 0 Å². The number of nitrogens with zero attached hydrogens (tertiary/aromatic N) is 2. The zero-order valence-electron chi connectivity index (χ0n) is 31.3. The van der Waals surface area contributed by atoms with Crippen LogP contribution in [0, 0.1) is 0 Å². The van der Waals surface area contributed by atoms with E-state index in [4.69, 9.17) is 8.83 Å². The van der Waals surface area contributed by atoms with Crippen LogP contribution in [0.2, 0.25) is 0 Å². The van der Waals surface area contributed by atoms with Crippen LogP contribution in [0.3, 0.4) is 0 Å². The predicted octanol–water partition coefficient (Wildman–Crippen LogP) is 15.9. The van der Waals surface area contributed by atoms with Gasteiger partial charge in [0.05, 0.1) is 0 Å². The summed E-state index contributed by atoms with van der Waals surface area (Å²) in [6, 6.07) is 73.1. The smallest absolute Gasteiger partial charge is 0.179 e. The Morgan fingerprint density at radius 3 is 1.07 bits per heavy atom. The van der Waals surface area contributed by atoms with Crippen LogP contribution < -0.4 is 9.80 Å². The maximum atomic E-state index is 6.96. The van der Waals surface area contributed by atoms with E-state index in [1.165, 1.54) is 21.5 Å². The van der Waals surface area contributed by atoms with E-state index in [1.54, 1.807) is 0 Å². The number of fused-ring (bicyclic) bond motifs is 12. The van der Waals surface area contributed by atoms with E-state index in [-0.39, 0.29) is 0 Å². The summed E-state index contributed by atoms with van der Waals surface area (Å²) in [6.45, 7) is 0. The quantitative estimate of drug-likeness (QED) is 0.170.